The van der Waals surface area contributed by atoms with Gasteiger partial charge < -0.3 is 19.6 Å². The molecular weight excluding hydrogens is 663 g/mol. The quantitative estimate of drug-likeness (QED) is 0.119. The number of aromatic hydroxyl groups is 1. The maximum atomic E-state index is 13.8. The van der Waals surface area contributed by atoms with Crippen LogP contribution in [-0.2, 0) is 26.2 Å². The van der Waals surface area contributed by atoms with Crippen molar-refractivity contribution in [2.24, 2.45) is 0 Å². The molecule has 2 amide bonds. The fourth-order valence-corrected chi connectivity index (χ4v) is 12.0. The first-order chi connectivity index (χ1) is 25.5. The van der Waals surface area contributed by atoms with Gasteiger partial charge in [-0.3, -0.25) is 9.59 Å². The molecule has 52 heavy (non-hydrogen) atoms. The lowest BCUT2D eigenvalue weighted by Gasteiger charge is -2.27. The Balaban J connectivity index is 0.942. The van der Waals surface area contributed by atoms with E-state index in [0.29, 0.717) is 38.3 Å². The third kappa shape index (κ3) is 6.47. The van der Waals surface area contributed by atoms with Gasteiger partial charge in [0.05, 0.1) is 18.3 Å². The second-order valence-corrected chi connectivity index (χ2v) is 17.1. The zero-order chi connectivity index (χ0) is 35.5. The van der Waals surface area contributed by atoms with E-state index in [1.807, 2.05) is 42.5 Å². The van der Waals surface area contributed by atoms with Crippen molar-refractivity contribution in [3.05, 3.63) is 185 Å². The van der Waals surface area contributed by atoms with Crippen LogP contribution in [-0.4, -0.2) is 39.5 Å². The van der Waals surface area contributed by atoms with Crippen LogP contribution >= 0.6 is 7.26 Å². The van der Waals surface area contributed by atoms with Crippen LogP contribution in [0.4, 0.5) is 0 Å². The number of rotatable bonds is 10. The highest BCUT2D eigenvalue weighted by Crippen LogP contribution is 2.55. The summed E-state index contributed by atoms with van der Waals surface area (Å²) in [6, 6.07) is 51.3. The number of fused-ring (bicyclic) bond motifs is 2. The van der Waals surface area contributed by atoms with Crippen molar-refractivity contribution in [1.82, 2.24) is 9.80 Å². The van der Waals surface area contributed by atoms with E-state index < -0.39 is 7.26 Å². The van der Waals surface area contributed by atoms with Crippen LogP contribution in [0, 0.1) is 0 Å². The van der Waals surface area contributed by atoms with Gasteiger partial charge in [0, 0.05) is 38.2 Å². The van der Waals surface area contributed by atoms with E-state index in [4.69, 9.17) is 4.74 Å². The van der Waals surface area contributed by atoms with Gasteiger partial charge in [-0.1, -0.05) is 84.9 Å². The molecular formula is C45H40N2O4P+. The number of benzene rings is 6. The van der Waals surface area contributed by atoms with Crippen molar-refractivity contribution in [2.75, 3.05) is 12.8 Å². The fourth-order valence-electron chi connectivity index (χ4n) is 7.65. The van der Waals surface area contributed by atoms with Gasteiger partial charge in [0.25, 0.3) is 11.8 Å². The second kappa shape index (κ2) is 14.5. The zero-order valence-corrected chi connectivity index (χ0v) is 29.8. The Hall–Kier alpha value is -5.71. The van der Waals surface area contributed by atoms with Crippen molar-refractivity contribution >= 4 is 35.0 Å². The Morgan fingerprint density at radius 2 is 1.06 bits per heavy atom. The molecule has 0 aliphatic carbocycles. The summed E-state index contributed by atoms with van der Waals surface area (Å²) in [6.45, 7) is 2.44. The molecule has 2 heterocycles. The Morgan fingerprint density at radius 3 is 1.63 bits per heavy atom. The molecule has 1 N–H and O–H groups in total. The van der Waals surface area contributed by atoms with Gasteiger partial charge in [0.1, 0.15) is 34.7 Å². The molecule has 2 aliphatic heterocycles. The lowest BCUT2D eigenvalue weighted by molar-refractivity contribution is 0.0747. The Labute approximate surface area is 305 Å². The first-order valence-electron chi connectivity index (χ1n) is 17.8. The SMILES string of the molecule is O=C(c1ccc(O)c(C(=O)N2Cc3ccc(OCCC[P+](c4ccccc4)(c4ccccc4)c4ccccc4)cc3C2)c1)N1Cc2ccccc2C1. The average molecular weight is 704 g/mol. The molecule has 6 aromatic rings. The highest BCUT2D eigenvalue weighted by molar-refractivity contribution is 7.95. The van der Waals surface area contributed by atoms with E-state index >= 15 is 0 Å². The number of hydrogen-bond donors (Lipinski definition) is 1. The molecule has 0 atom stereocenters. The number of amides is 2. The van der Waals surface area contributed by atoms with Gasteiger partial charge in [-0.05, 0) is 89.0 Å². The third-order valence-electron chi connectivity index (χ3n) is 10.3. The highest BCUT2D eigenvalue weighted by atomic mass is 31.2. The number of nitrogens with zero attached hydrogens (tertiary/aromatic N) is 2. The maximum Gasteiger partial charge on any atom is 0.258 e. The number of carbonyl (C=O) groups excluding carboxylic acids is 2. The van der Waals surface area contributed by atoms with Gasteiger partial charge in [-0.25, -0.2) is 0 Å². The fraction of sp³-hybridized carbons (Fsp3) is 0.156. The summed E-state index contributed by atoms with van der Waals surface area (Å²) >= 11 is 0. The van der Waals surface area contributed by atoms with Crippen molar-refractivity contribution in [3.8, 4) is 11.5 Å². The number of phenolic OH excluding ortho intramolecular Hbond substituents is 1. The van der Waals surface area contributed by atoms with Gasteiger partial charge >= 0.3 is 0 Å². The lowest BCUT2D eigenvalue weighted by Crippen LogP contribution is -2.33. The summed E-state index contributed by atoms with van der Waals surface area (Å²) in [5.41, 5.74) is 4.85. The minimum Gasteiger partial charge on any atom is -0.507 e. The molecule has 0 saturated heterocycles. The minimum atomic E-state index is -1.94. The predicted octanol–water partition coefficient (Wildman–Crippen LogP) is 7.47. The van der Waals surface area contributed by atoms with E-state index in [-0.39, 0.29) is 23.1 Å². The van der Waals surface area contributed by atoms with Crippen LogP contribution in [0.1, 0.15) is 49.4 Å². The average Bonchev–Trinajstić information content (AvgIpc) is 3.84. The molecule has 0 aromatic heterocycles. The molecule has 8 rings (SSSR count). The number of phenols is 1. The zero-order valence-electron chi connectivity index (χ0n) is 28.9. The summed E-state index contributed by atoms with van der Waals surface area (Å²) < 4.78 is 6.38. The largest absolute Gasteiger partial charge is 0.507 e. The van der Waals surface area contributed by atoms with Crippen LogP contribution in [0.3, 0.4) is 0 Å². The molecule has 0 fully saturated rings. The minimum absolute atomic E-state index is 0.133. The Morgan fingerprint density at radius 1 is 0.558 bits per heavy atom. The number of ether oxygens (including phenoxy) is 1. The normalized spacial score (nSPS) is 13.5. The highest BCUT2D eigenvalue weighted by Gasteiger charge is 2.44. The molecule has 7 heteroatoms. The molecule has 6 nitrogen and oxygen atoms in total. The van der Waals surface area contributed by atoms with Gasteiger partial charge in [-0.15, -0.1) is 0 Å². The van der Waals surface area contributed by atoms with E-state index in [1.165, 1.54) is 28.0 Å². The maximum absolute atomic E-state index is 13.8. The topological polar surface area (TPSA) is 70.1 Å². The van der Waals surface area contributed by atoms with E-state index in [2.05, 4.69) is 91.0 Å². The summed E-state index contributed by atoms with van der Waals surface area (Å²) in [5, 5.41) is 14.8. The van der Waals surface area contributed by atoms with Crippen molar-refractivity contribution in [2.45, 2.75) is 32.6 Å². The van der Waals surface area contributed by atoms with E-state index in [9.17, 15) is 14.7 Å². The standard InChI is InChI=1S/C45H39N2O4P/c48-43-24-22-33(44(49)46-29-34-13-10-11-14-35(34)30-46)28-42(43)45(50)47-31-36-21-23-38(27-37(36)32-47)51-25-12-26-52(39-15-4-1-5-16-39,40-17-6-2-7-18-40)41-19-8-3-9-20-41/h1-11,13-24,27-28H,12,25-26,29-32H2/p+1. The predicted molar refractivity (Wildman–Crippen MR) is 208 cm³/mol. The summed E-state index contributed by atoms with van der Waals surface area (Å²) in [7, 11) is -1.94. The molecule has 2 aliphatic rings. The van der Waals surface area contributed by atoms with Gasteiger partial charge in [0.2, 0.25) is 0 Å². The van der Waals surface area contributed by atoms with Crippen LogP contribution in [0.25, 0.3) is 0 Å². The van der Waals surface area contributed by atoms with Crippen LogP contribution in [0.15, 0.2) is 152 Å². The molecule has 0 unspecified atom stereocenters. The van der Waals surface area contributed by atoms with Crippen molar-refractivity contribution < 1.29 is 19.4 Å². The molecule has 258 valence electrons. The van der Waals surface area contributed by atoms with Crippen LogP contribution in [0.5, 0.6) is 11.5 Å². The van der Waals surface area contributed by atoms with E-state index in [0.717, 1.165) is 40.6 Å². The molecule has 6 aromatic carbocycles. The number of carbonyl (C=O) groups is 2. The van der Waals surface area contributed by atoms with Crippen LogP contribution in [0.2, 0.25) is 0 Å². The number of hydrogen-bond acceptors (Lipinski definition) is 4. The van der Waals surface area contributed by atoms with E-state index in [1.54, 1.807) is 15.9 Å². The molecule has 0 bridgehead atoms. The first-order valence-corrected chi connectivity index (χ1v) is 19.7. The second-order valence-electron chi connectivity index (χ2n) is 13.5. The van der Waals surface area contributed by atoms with Gasteiger partial charge in [0.15, 0.2) is 0 Å². The monoisotopic (exact) mass is 703 g/mol. The van der Waals surface area contributed by atoms with Crippen LogP contribution < -0.4 is 20.7 Å². The van der Waals surface area contributed by atoms with Crippen molar-refractivity contribution in [3.63, 3.8) is 0 Å². The Kier molecular flexibility index (Phi) is 9.32. The molecule has 0 radical (unpaired) electrons. The molecule has 0 spiro atoms. The van der Waals surface area contributed by atoms with Gasteiger partial charge in [-0.2, -0.15) is 0 Å². The third-order valence-corrected chi connectivity index (χ3v) is 14.8. The smallest absolute Gasteiger partial charge is 0.258 e. The summed E-state index contributed by atoms with van der Waals surface area (Å²) in [5.74, 6) is 0.177. The first kappa shape index (κ1) is 33.4. The molecule has 0 saturated carbocycles. The lowest BCUT2D eigenvalue weighted by atomic mass is 10.1. The summed E-state index contributed by atoms with van der Waals surface area (Å²) in [4.78, 5) is 30.7. The summed E-state index contributed by atoms with van der Waals surface area (Å²) in [6.07, 6.45) is 1.83. The van der Waals surface area contributed by atoms with Crippen molar-refractivity contribution in [1.29, 1.82) is 0 Å². The Bertz CT molecular complexity index is 2100.